The maximum Gasteiger partial charge on any atom is 0.195 e. The highest BCUT2D eigenvalue weighted by Gasteiger charge is 2.06. The van der Waals surface area contributed by atoms with Gasteiger partial charge in [0.25, 0.3) is 0 Å². The summed E-state index contributed by atoms with van der Waals surface area (Å²) in [5.41, 5.74) is 3.13. The highest BCUT2D eigenvalue weighted by atomic mass is 16.3. The van der Waals surface area contributed by atoms with E-state index in [4.69, 9.17) is 4.42 Å². The number of hydrogen-bond acceptors (Lipinski definition) is 2. The molecule has 0 N–H and O–H groups in total. The molecule has 1 aromatic carbocycles. The molecule has 0 fully saturated rings. The van der Waals surface area contributed by atoms with E-state index < -0.39 is 0 Å². The van der Waals surface area contributed by atoms with Crippen LogP contribution in [0.1, 0.15) is 37.6 Å². The van der Waals surface area contributed by atoms with Gasteiger partial charge in [-0.2, -0.15) is 0 Å². The van der Waals surface area contributed by atoms with Crippen LogP contribution < -0.4 is 0 Å². The van der Waals surface area contributed by atoms with Crippen molar-refractivity contribution >= 4 is 11.1 Å². The van der Waals surface area contributed by atoms with E-state index in [-0.39, 0.29) is 0 Å². The van der Waals surface area contributed by atoms with Crippen LogP contribution in [0.4, 0.5) is 0 Å². The number of para-hydroxylation sites is 1. The second kappa shape index (κ2) is 4.47. The van der Waals surface area contributed by atoms with E-state index >= 15 is 0 Å². The smallest absolute Gasteiger partial charge is 0.195 e. The molecule has 0 saturated carbocycles. The molecular formula is C13H17NO. The Morgan fingerprint density at radius 2 is 2.13 bits per heavy atom. The van der Waals surface area contributed by atoms with Gasteiger partial charge in [0.15, 0.2) is 11.5 Å². The molecule has 0 atom stereocenters. The highest BCUT2D eigenvalue weighted by molar-refractivity contribution is 5.76. The van der Waals surface area contributed by atoms with Crippen molar-refractivity contribution in [3.05, 3.63) is 29.7 Å². The molecule has 0 radical (unpaired) electrons. The van der Waals surface area contributed by atoms with E-state index in [2.05, 4.69) is 24.9 Å². The molecular weight excluding hydrogens is 186 g/mol. The largest absolute Gasteiger partial charge is 0.441 e. The Bertz CT molecular complexity index is 445. The van der Waals surface area contributed by atoms with Gasteiger partial charge in [0.05, 0.1) is 0 Å². The molecule has 0 unspecified atom stereocenters. The molecule has 2 nitrogen and oxygen atoms in total. The Hall–Kier alpha value is -1.31. The lowest BCUT2D eigenvalue weighted by Crippen LogP contribution is -1.84. The predicted octanol–water partition coefficient (Wildman–Crippen LogP) is 3.87. The van der Waals surface area contributed by atoms with Crippen molar-refractivity contribution in [1.29, 1.82) is 0 Å². The maximum atomic E-state index is 5.68. The minimum absolute atomic E-state index is 0.882. The summed E-state index contributed by atoms with van der Waals surface area (Å²) in [7, 11) is 0. The number of benzene rings is 1. The van der Waals surface area contributed by atoms with Crippen molar-refractivity contribution in [2.24, 2.45) is 0 Å². The third-order valence-electron chi connectivity index (χ3n) is 2.66. The molecule has 0 spiro atoms. The Morgan fingerprint density at radius 1 is 1.27 bits per heavy atom. The third kappa shape index (κ3) is 2.20. The molecule has 0 aliphatic rings. The highest BCUT2D eigenvalue weighted by Crippen LogP contribution is 2.19. The summed E-state index contributed by atoms with van der Waals surface area (Å²) < 4.78 is 5.68. The zero-order valence-corrected chi connectivity index (χ0v) is 9.42. The third-order valence-corrected chi connectivity index (χ3v) is 2.66. The second-order valence-corrected chi connectivity index (χ2v) is 3.99. The first-order valence-electron chi connectivity index (χ1n) is 5.66. The van der Waals surface area contributed by atoms with E-state index in [1.807, 2.05) is 12.1 Å². The summed E-state index contributed by atoms with van der Waals surface area (Å²) >= 11 is 0. The zero-order valence-electron chi connectivity index (χ0n) is 9.42. The average molecular weight is 203 g/mol. The van der Waals surface area contributed by atoms with Crippen LogP contribution in [0.15, 0.2) is 22.6 Å². The van der Waals surface area contributed by atoms with Gasteiger partial charge in [-0.1, -0.05) is 31.9 Å². The summed E-state index contributed by atoms with van der Waals surface area (Å²) in [4.78, 5) is 4.52. The van der Waals surface area contributed by atoms with Crippen molar-refractivity contribution in [2.75, 3.05) is 0 Å². The first kappa shape index (κ1) is 10.2. The van der Waals surface area contributed by atoms with Crippen molar-refractivity contribution in [3.63, 3.8) is 0 Å². The monoisotopic (exact) mass is 203 g/mol. The molecule has 2 heteroatoms. The van der Waals surface area contributed by atoms with Gasteiger partial charge in [0, 0.05) is 6.42 Å². The molecule has 0 aliphatic heterocycles. The second-order valence-electron chi connectivity index (χ2n) is 3.99. The van der Waals surface area contributed by atoms with E-state index in [0.29, 0.717) is 0 Å². The number of nitrogens with zero attached hydrogens (tertiary/aromatic N) is 1. The molecule has 1 aromatic heterocycles. The minimum Gasteiger partial charge on any atom is -0.441 e. The summed E-state index contributed by atoms with van der Waals surface area (Å²) in [5.74, 6) is 0.882. The van der Waals surface area contributed by atoms with Crippen LogP contribution in [0.3, 0.4) is 0 Å². The molecule has 0 saturated heterocycles. The van der Waals surface area contributed by atoms with Crippen LogP contribution in [0, 0.1) is 6.92 Å². The number of aryl methyl sites for hydroxylation is 2. The van der Waals surface area contributed by atoms with Gasteiger partial charge in [0.1, 0.15) is 5.52 Å². The van der Waals surface area contributed by atoms with Crippen LogP contribution in [0.25, 0.3) is 11.1 Å². The standard InChI is InChI=1S/C13H17NO/c1-3-4-5-9-12-14-13-10(2)7-6-8-11(13)15-12/h6-8H,3-5,9H2,1-2H3. The van der Waals surface area contributed by atoms with Crippen LogP contribution in [0.5, 0.6) is 0 Å². The van der Waals surface area contributed by atoms with Crippen LogP contribution in [-0.2, 0) is 6.42 Å². The lowest BCUT2D eigenvalue weighted by molar-refractivity contribution is 0.513. The average Bonchev–Trinajstić information content (AvgIpc) is 2.63. The number of hydrogen-bond donors (Lipinski definition) is 0. The van der Waals surface area contributed by atoms with Gasteiger partial charge in [-0.15, -0.1) is 0 Å². The summed E-state index contributed by atoms with van der Waals surface area (Å²) in [6.07, 6.45) is 4.61. The molecule has 0 aliphatic carbocycles. The lowest BCUT2D eigenvalue weighted by atomic mass is 10.2. The fourth-order valence-electron chi connectivity index (χ4n) is 1.77. The van der Waals surface area contributed by atoms with E-state index in [1.165, 1.54) is 24.8 Å². The van der Waals surface area contributed by atoms with Gasteiger partial charge in [0.2, 0.25) is 0 Å². The van der Waals surface area contributed by atoms with E-state index in [9.17, 15) is 0 Å². The Morgan fingerprint density at radius 3 is 2.87 bits per heavy atom. The van der Waals surface area contributed by atoms with Gasteiger partial charge >= 0.3 is 0 Å². The fourth-order valence-corrected chi connectivity index (χ4v) is 1.77. The first-order valence-corrected chi connectivity index (χ1v) is 5.66. The summed E-state index contributed by atoms with van der Waals surface area (Å²) in [6.45, 7) is 4.27. The number of aromatic nitrogens is 1. The summed E-state index contributed by atoms with van der Waals surface area (Å²) in [5, 5.41) is 0. The maximum absolute atomic E-state index is 5.68. The minimum atomic E-state index is 0.882. The quantitative estimate of drug-likeness (QED) is 0.705. The molecule has 1 heterocycles. The topological polar surface area (TPSA) is 26.0 Å². The molecule has 0 amide bonds. The van der Waals surface area contributed by atoms with Gasteiger partial charge in [-0.25, -0.2) is 4.98 Å². The first-order chi connectivity index (χ1) is 7.31. The van der Waals surface area contributed by atoms with Crippen molar-refractivity contribution < 1.29 is 4.42 Å². The molecule has 2 rings (SSSR count). The van der Waals surface area contributed by atoms with Crippen LogP contribution in [-0.4, -0.2) is 4.98 Å². The lowest BCUT2D eigenvalue weighted by Gasteiger charge is -1.92. The van der Waals surface area contributed by atoms with Gasteiger partial charge < -0.3 is 4.42 Å². The Labute approximate surface area is 90.3 Å². The fraction of sp³-hybridized carbons (Fsp3) is 0.462. The predicted molar refractivity (Wildman–Crippen MR) is 62.0 cm³/mol. The van der Waals surface area contributed by atoms with E-state index in [1.54, 1.807) is 0 Å². The molecule has 80 valence electrons. The summed E-state index contributed by atoms with van der Waals surface area (Å²) in [6, 6.07) is 6.07. The van der Waals surface area contributed by atoms with Crippen molar-refractivity contribution in [1.82, 2.24) is 4.98 Å². The normalized spacial score (nSPS) is 11.1. The number of oxazole rings is 1. The molecule has 2 aromatic rings. The van der Waals surface area contributed by atoms with Crippen LogP contribution >= 0.6 is 0 Å². The molecule has 0 bridgehead atoms. The van der Waals surface area contributed by atoms with Crippen molar-refractivity contribution in [3.8, 4) is 0 Å². The van der Waals surface area contributed by atoms with E-state index in [0.717, 1.165) is 23.4 Å². The zero-order chi connectivity index (χ0) is 10.7. The van der Waals surface area contributed by atoms with Crippen molar-refractivity contribution in [2.45, 2.75) is 39.5 Å². The molecule has 15 heavy (non-hydrogen) atoms. The number of unbranched alkanes of at least 4 members (excludes halogenated alkanes) is 2. The Balaban J connectivity index is 2.20. The number of fused-ring (bicyclic) bond motifs is 1. The van der Waals surface area contributed by atoms with Crippen LogP contribution in [0.2, 0.25) is 0 Å². The van der Waals surface area contributed by atoms with Gasteiger partial charge in [-0.3, -0.25) is 0 Å². The SMILES string of the molecule is CCCCCc1nc2c(C)cccc2o1. The Kier molecular flexibility index (Phi) is 3.05. The number of rotatable bonds is 4. The van der Waals surface area contributed by atoms with Gasteiger partial charge in [-0.05, 0) is 25.0 Å².